The van der Waals surface area contributed by atoms with E-state index in [0.717, 1.165) is 0 Å². The maximum absolute atomic E-state index is 13.2. The lowest BCUT2D eigenvalue weighted by molar-refractivity contribution is -0.384. The molecule has 2 aromatic rings. The van der Waals surface area contributed by atoms with E-state index in [1.165, 1.54) is 30.1 Å². The number of carbonyl (C=O) groups excluding carboxylic acids is 1. The predicted octanol–water partition coefficient (Wildman–Crippen LogP) is 3.33. The Labute approximate surface area is 135 Å². The van der Waals surface area contributed by atoms with Crippen LogP contribution in [0.4, 0.5) is 18.9 Å². The summed E-state index contributed by atoms with van der Waals surface area (Å²) in [4.78, 5) is 23.5. The van der Waals surface area contributed by atoms with E-state index in [-0.39, 0.29) is 17.8 Å². The fraction of sp³-hybridized carbons (Fsp3) is 0.188. The number of halogens is 3. The van der Waals surface area contributed by atoms with Crippen LogP contribution in [-0.2, 0) is 6.42 Å². The van der Waals surface area contributed by atoms with Gasteiger partial charge in [-0.05, 0) is 24.1 Å². The fourth-order valence-electron chi connectivity index (χ4n) is 2.12. The van der Waals surface area contributed by atoms with E-state index in [2.05, 4.69) is 0 Å². The molecule has 0 fully saturated rings. The molecule has 2 aromatic carbocycles. The van der Waals surface area contributed by atoms with Gasteiger partial charge in [0.15, 0.2) is 17.5 Å². The lowest BCUT2D eigenvalue weighted by Gasteiger charge is -2.17. The molecule has 0 aromatic heterocycles. The van der Waals surface area contributed by atoms with E-state index in [0.29, 0.717) is 24.1 Å². The van der Waals surface area contributed by atoms with Gasteiger partial charge < -0.3 is 4.90 Å². The summed E-state index contributed by atoms with van der Waals surface area (Å²) >= 11 is 0. The summed E-state index contributed by atoms with van der Waals surface area (Å²) in [6, 6.07) is 7.19. The van der Waals surface area contributed by atoms with Crippen molar-refractivity contribution >= 4 is 11.6 Å². The van der Waals surface area contributed by atoms with Gasteiger partial charge in [0.2, 0.25) is 0 Å². The van der Waals surface area contributed by atoms with Crippen molar-refractivity contribution < 1.29 is 22.9 Å². The van der Waals surface area contributed by atoms with Gasteiger partial charge in [0.05, 0.1) is 4.92 Å². The van der Waals surface area contributed by atoms with Crippen molar-refractivity contribution in [3.05, 3.63) is 75.1 Å². The summed E-state index contributed by atoms with van der Waals surface area (Å²) < 4.78 is 39.3. The van der Waals surface area contributed by atoms with Gasteiger partial charge in [-0.15, -0.1) is 0 Å². The number of carbonyl (C=O) groups is 1. The number of nitro benzene ring substituents is 1. The van der Waals surface area contributed by atoms with Gasteiger partial charge in [-0.1, -0.05) is 12.1 Å². The normalized spacial score (nSPS) is 10.5. The fourth-order valence-corrected chi connectivity index (χ4v) is 2.12. The Hall–Kier alpha value is -2.90. The first-order valence-electron chi connectivity index (χ1n) is 6.93. The lowest BCUT2D eigenvalue weighted by atomic mass is 10.1. The molecule has 24 heavy (non-hydrogen) atoms. The predicted molar refractivity (Wildman–Crippen MR) is 80.1 cm³/mol. The zero-order valence-corrected chi connectivity index (χ0v) is 12.6. The van der Waals surface area contributed by atoms with Gasteiger partial charge in [-0.3, -0.25) is 14.9 Å². The molecule has 0 aliphatic heterocycles. The maximum Gasteiger partial charge on any atom is 0.269 e. The van der Waals surface area contributed by atoms with Crippen LogP contribution in [0.2, 0.25) is 0 Å². The molecule has 1 amide bonds. The van der Waals surface area contributed by atoms with Crippen molar-refractivity contribution in [3.8, 4) is 0 Å². The number of nitrogens with zero attached hydrogens (tertiary/aromatic N) is 2. The van der Waals surface area contributed by atoms with E-state index < -0.39 is 28.3 Å². The Morgan fingerprint density at radius 3 is 2.38 bits per heavy atom. The Bertz CT molecular complexity index is 773. The quantitative estimate of drug-likeness (QED) is 0.477. The molecule has 2 rings (SSSR count). The second kappa shape index (κ2) is 7.12. The third kappa shape index (κ3) is 3.89. The molecule has 0 saturated heterocycles. The molecule has 0 bridgehead atoms. The van der Waals surface area contributed by atoms with Crippen molar-refractivity contribution in [2.45, 2.75) is 6.42 Å². The van der Waals surface area contributed by atoms with E-state index in [1.54, 1.807) is 6.07 Å². The number of hydrogen-bond donors (Lipinski definition) is 0. The maximum atomic E-state index is 13.2. The topological polar surface area (TPSA) is 63.4 Å². The molecular formula is C16H13F3N2O3. The first-order valence-corrected chi connectivity index (χ1v) is 6.93. The summed E-state index contributed by atoms with van der Waals surface area (Å²) in [6.45, 7) is 0.167. The minimum atomic E-state index is -1.63. The highest BCUT2D eigenvalue weighted by molar-refractivity contribution is 5.94. The lowest BCUT2D eigenvalue weighted by Crippen LogP contribution is -2.29. The van der Waals surface area contributed by atoms with Crippen molar-refractivity contribution in [2.75, 3.05) is 13.6 Å². The van der Waals surface area contributed by atoms with Crippen LogP contribution in [0.1, 0.15) is 15.9 Å². The monoisotopic (exact) mass is 338 g/mol. The van der Waals surface area contributed by atoms with Crippen molar-refractivity contribution in [1.29, 1.82) is 0 Å². The zero-order chi connectivity index (χ0) is 17.9. The molecule has 0 unspecified atom stereocenters. The molecule has 8 heteroatoms. The van der Waals surface area contributed by atoms with Crippen LogP contribution in [0.15, 0.2) is 36.4 Å². The van der Waals surface area contributed by atoms with Crippen LogP contribution in [0.3, 0.4) is 0 Å². The second-order valence-electron chi connectivity index (χ2n) is 5.16. The molecule has 0 saturated carbocycles. The van der Waals surface area contributed by atoms with Crippen molar-refractivity contribution in [1.82, 2.24) is 4.90 Å². The molecule has 0 aliphatic carbocycles. The largest absolute Gasteiger partial charge is 0.341 e. The summed E-state index contributed by atoms with van der Waals surface area (Å²) in [5.74, 6) is -5.19. The number of hydrogen-bond acceptors (Lipinski definition) is 3. The molecule has 0 heterocycles. The van der Waals surface area contributed by atoms with Crippen LogP contribution in [0.5, 0.6) is 0 Å². The standard InChI is InChI=1S/C16H13F3N2O3/c1-20(6-5-10-3-2-4-12(7-10)21(23)24)16(22)11-8-13(17)15(19)14(18)9-11/h2-4,7-9H,5-6H2,1H3. The van der Waals surface area contributed by atoms with Crippen LogP contribution in [-0.4, -0.2) is 29.3 Å². The highest BCUT2D eigenvalue weighted by Crippen LogP contribution is 2.16. The van der Waals surface area contributed by atoms with E-state index in [4.69, 9.17) is 0 Å². The van der Waals surface area contributed by atoms with Crippen LogP contribution in [0, 0.1) is 27.6 Å². The molecule has 0 atom stereocenters. The molecule has 0 radical (unpaired) electrons. The number of nitro groups is 1. The van der Waals surface area contributed by atoms with Gasteiger partial charge >= 0.3 is 0 Å². The van der Waals surface area contributed by atoms with Crippen molar-refractivity contribution in [2.24, 2.45) is 0 Å². The van der Waals surface area contributed by atoms with Crippen molar-refractivity contribution in [3.63, 3.8) is 0 Å². The second-order valence-corrected chi connectivity index (χ2v) is 5.16. The first kappa shape index (κ1) is 17.5. The SMILES string of the molecule is CN(CCc1cccc([N+](=O)[O-])c1)C(=O)c1cc(F)c(F)c(F)c1. The molecule has 0 N–H and O–H groups in total. The highest BCUT2D eigenvalue weighted by Gasteiger charge is 2.18. The Kier molecular flexibility index (Phi) is 5.18. The number of benzene rings is 2. The Morgan fingerprint density at radius 2 is 1.79 bits per heavy atom. The third-order valence-electron chi connectivity index (χ3n) is 3.43. The molecule has 5 nitrogen and oxygen atoms in total. The van der Waals surface area contributed by atoms with Crippen LogP contribution in [0.25, 0.3) is 0 Å². The molecule has 0 aliphatic rings. The Morgan fingerprint density at radius 1 is 1.17 bits per heavy atom. The zero-order valence-electron chi connectivity index (χ0n) is 12.6. The van der Waals surface area contributed by atoms with Gasteiger partial charge in [0.1, 0.15) is 0 Å². The van der Waals surface area contributed by atoms with E-state index >= 15 is 0 Å². The average Bonchev–Trinajstić information content (AvgIpc) is 2.56. The van der Waals surface area contributed by atoms with Gasteiger partial charge in [-0.2, -0.15) is 0 Å². The van der Waals surface area contributed by atoms with E-state index in [9.17, 15) is 28.1 Å². The summed E-state index contributed by atoms with van der Waals surface area (Å²) in [6.07, 6.45) is 0.316. The smallest absolute Gasteiger partial charge is 0.269 e. The van der Waals surface area contributed by atoms with Crippen LogP contribution < -0.4 is 0 Å². The summed E-state index contributed by atoms with van der Waals surface area (Å²) in [5, 5.41) is 10.7. The molecular weight excluding hydrogens is 325 g/mol. The average molecular weight is 338 g/mol. The highest BCUT2D eigenvalue weighted by atomic mass is 19.2. The van der Waals surface area contributed by atoms with Gasteiger partial charge in [-0.25, -0.2) is 13.2 Å². The van der Waals surface area contributed by atoms with E-state index in [1.807, 2.05) is 0 Å². The van der Waals surface area contributed by atoms with Gasteiger partial charge in [0.25, 0.3) is 11.6 Å². The summed E-state index contributed by atoms with van der Waals surface area (Å²) in [5.41, 5.74) is 0.261. The summed E-state index contributed by atoms with van der Waals surface area (Å²) in [7, 11) is 1.42. The molecule has 0 spiro atoms. The molecule has 126 valence electrons. The first-order chi connectivity index (χ1) is 11.3. The Balaban J connectivity index is 2.07. The number of non-ortho nitro benzene ring substituents is 1. The minimum absolute atomic E-state index is 0.0656. The number of likely N-dealkylation sites (N-methyl/N-ethyl adjacent to an activating group) is 1. The van der Waals surface area contributed by atoms with Gasteiger partial charge in [0, 0.05) is 31.3 Å². The minimum Gasteiger partial charge on any atom is -0.341 e. The number of rotatable bonds is 5. The number of amides is 1. The third-order valence-corrected chi connectivity index (χ3v) is 3.43. The van der Waals surface area contributed by atoms with Crippen LogP contribution >= 0.6 is 0 Å².